The minimum atomic E-state index is -0.852. The van der Waals surface area contributed by atoms with Crippen molar-refractivity contribution in [2.45, 2.75) is 25.8 Å². The summed E-state index contributed by atoms with van der Waals surface area (Å²) in [7, 11) is 1.93. The van der Waals surface area contributed by atoms with Gasteiger partial charge in [-0.05, 0) is 67.4 Å². The lowest BCUT2D eigenvalue weighted by Crippen LogP contribution is -2.32. The van der Waals surface area contributed by atoms with Crippen molar-refractivity contribution in [1.82, 2.24) is 14.5 Å². The Morgan fingerprint density at radius 3 is 2.51 bits per heavy atom. The lowest BCUT2D eigenvalue weighted by atomic mass is 10.1. The minimum absolute atomic E-state index is 0.0223. The predicted molar refractivity (Wildman–Crippen MR) is 143 cm³/mol. The third kappa shape index (κ3) is 6.10. The smallest absolute Gasteiger partial charge is 0.303 e. The number of nitrogens with two attached hydrogens (primary N) is 1. The number of pyridine rings is 1. The van der Waals surface area contributed by atoms with E-state index in [9.17, 15) is 9.59 Å². The highest BCUT2D eigenvalue weighted by Crippen LogP contribution is 2.21. The fraction of sp³-hybridized carbons (Fsp3) is 0.222. The maximum absolute atomic E-state index is 13.5. The second kappa shape index (κ2) is 11.3. The number of fused-ring (bicyclic) bond motifs is 1. The first-order chi connectivity index (χ1) is 17.8. The number of nitrogens with one attached hydrogen (secondary N) is 2. The van der Waals surface area contributed by atoms with Crippen molar-refractivity contribution in [3.05, 3.63) is 83.8 Å². The molecule has 10 heteroatoms. The number of aliphatic carboxylic acids is 1. The molecule has 0 aliphatic rings. The number of unbranched alkanes of at least 4 members (excludes halogenated alkanes) is 1. The molecule has 4 aromatic rings. The van der Waals surface area contributed by atoms with Crippen molar-refractivity contribution >= 4 is 40.3 Å². The molecule has 4 rings (SSSR count). The Bertz CT molecular complexity index is 1420. The van der Waals surface area contributed by atoms with Gasteiger partial charge in [-0.3, -0.25) is 19.9 Å². The van der Waals surface area contributed by atoms with Gasteiger partial charge in [0.05, 0.1) is 17.6 Å². The average molecular weight is 500 g/mol. The van der Waals surface area contributed by atoms with Crippen molar-refractivity contribution in [1.29, 1.82) is 5.41 Å². The van der Waals surface area contributed by atoms with Gasteiger partial charge in [-0.15, -0.1) is 0 Å². The number of imidazole rings is 1. The number of rotatable bonds is 11. The Balaban J connectivity index is 1.52. The molecule has 37 heavy (non-hydrogen) atoms. The van der Waals surface area contributed by atoms with Crippen LogP contribution >= 0.6 is 0 Å². The number of amidine groups is 1. The normalized spacial score (nSPS) is 10.8. The summed E-state index contributed by atoms with van der Waals surface area (Å²) in [5.41, 5.74) is 9.12. The SMILES string of the molecule is Cn1c(CNc2ccc(C(=N)N)cc2)nc2cc(C(=O)N(CCCCC(=O)O)c3ccccn3)ccc21. The number of carboxylic acids is 1. The van der Waals surface area contributed by atoms with E-state index in [1.54, 1.807) is 47.5 Å². The second-order valence-electron chi connectivity index (χ2n) is 8.63. The van der Waals surface area contributed by atoms with Gasteiger partial charge < -0.3 is 20.7 Å². The third-order valence-corrected chi connectivity index (χ3v) is 6.06. The third-order valence-electron chi connectivity index (χ3n) is 6.06. The van der Waals surface area contributed by atoms with E-state index < -0.39 is 5.97 Å². The molecule has 0 atom stereocenters. The van der Waals surface area contributed by atoms with Gasteiger partial charge in [-0.1, -0.05) is 6.07 Å². The van der Waals surface area contributed by atoms with E-state index in [-0.39, 0.29) is 18.2 Å². The molecule has 0 saturated heterocycles. The zero-order valence-electron chi connectivity index (χ0n) is 20.5. The standard InChI is InChI=1S/C27H29N7O3/c1-33-22-13-10-19(27(37)34(15-5-3-7-25(35)36)23-6-2-4-14-30-23)16-21(22)32-24(33)17-31-20-11-8-18(9-12-20)26(28)29/h2,4,6,8-14,16,31H,3,5,7,15,17H2,1H3,(H3,28,29)(H,35,36). The molecule has 0 radical (unpaired) electrons. The number of carbonyl (C=O) groups excluding carboxylic acids is 1. The van der Waals surface area contributed by atoms with E-state index in [2.05, 4.69) is 10.3 Å². The molecule has 0 aliphatic carbocycles. The van der Waals surface area contributed by atoms with Crippen LogP contribution in [0.1, 0.15) is 41.0 Å². The van der Waals surface area contributed by atoms with Gasteiger partial charge in [-0.25, -0.2) is 9.97 Å². The van der Waals surface area contributed by atoms with Crippen molar-refractivity contribution in [3.8, 4) is 0 Å². The van der Waals surface area contributed by atoms with Crippen LogP contribution in [0.25, 0.3) is 11.0 Å². The van der Waals surface area contributed by atoms with Gasteiger partial charge in [0, 0.05) is 43.0 Å². The maximum Gasteiger partial charge on any atom is 0.303 e. The Kier molecular flexibility index (Phi) is 7.77. The number of hydrogen-bond acceptors (Lipinski definition) is 6. The van der Waals surface area contributed by atoms with Crippen LogP contribution in [0, 0.1) is 5.41 Å². The van der Waals surface area contributed by atoms with Crippen molar-refractivity contribution in [2.75, 3.05) is 16.8 Å². The number of nitrogen functional groups attached to an aromatic ring is 1. The van der Waals surface area contributed by atoms with E-state index in [4.69, 9.17) is 21.2 Å². The molecule has 5 N–H and O–H groups in total. The highest BCUT2D eigenvalue weighted by Gasteiger charge is 2.20. The van der Waals surface area contributed by atoms with E-state index in [0.29, 0.717) is 48.4 Å². The summed E-state index contributed by atoms with van der Waals surface area (Å²) in [6, 6.07) is 18.1. The summed E-state index contributed by atoms with van der Waals surface area (Å²) in [5, 5.41) is 19.8. The monoisotopic (exact) mass is 499 g/mol. The highest BCUT2D eigenvalue weighted by atomic mass is 16.4. The zero-order chi connectivity index (χ0) is 26.4. The van der Waals surface area contributed by atoms with Gasteiger partial charge in [-0.2, -0.15) is 0 Å². The van der Waals surface area contributed by atoms with Crippen LogP contribution in [-0.4, -0.2) is 43.9 Å². The first-order valence-corrected chi connectivity index (χ1v) is 11.9. The number of carbonyl (C=O) groups is 2. The molecule has 1 amide bonds. The Hall–Kier alpha value is -4.73. The van der Waals surface area contributed by atoms with Crippen LogP contribution in [0.4, 0.5) is 11.5 Å². The summed E-state index contributed by atoms with van der Waals surface area (Å²) in [6.45, 7) is 0.832. The molecule has 0 bridgehead atoms. The fourth-order valence-electron chi connectivity index (χ4n) is 4.03. The summed E-state index contributed by atoms with van der Waals surface area (Å²) >= 11 is 0. The number of amides is 1. The van der Waals surface area contributed by atoms with Gasteiger partial charge >= 0.3 is 5.97 Å². The molecule has 2 heterocycles. The molecule has 0 saturated carbocycles. The van der Waals surface area contributed by atoms with Crippen LogP contribution in [0.15, 0.2) is 66.9 Å². The lowest BCUT2D eigenvalue weighted by molar-refractivity contribution is -0.137. The number of aryl methyl sites for hydroxylation is 1. The molecule has 0 spiro atoms. The molecule has 2 aromatic carbocycles. The number of carboxylic acid groups (broad SMARTS) is 1. The number of anilines is 2. The maximum atomic E-state index is 13.5. The minimum Gasteiger partial charge on any atom is -0.481 e. The first-order valence-electron chi connectivity index (χ1n) is 11.9. The number of hydrogen-bond donors (Lipinski definition) is 4. The molecule has 10 nitrogen and oxygen atoms in total. The van der Waals surface area contributed by atoms with Crippen molar-refractivity contribution in [2.24, 2.45) is 12.8 Å². The molecule has 0 fully saturated rings. The van der Waals surface area contributed by atoms with E-state index in [0.717, 1.165) is 17.0 Å². The van der Waals surface area contributed by atoms with Crippen LogP contribution in [0.3, 0.4) is 0 Å². The number of benzene rings is 2. The molecule has 0 unspecified atom stereocenters. The van der Waals surface area contributed by atoms with Gasteiger partial charge in [0.25, 0.3) is 5.91 Å². The van der Waals surface area contributed by atoms with Gasteiger partial charge in [0.1, 0.15) is 17.5 Å². The van der Waals surface area contributed by atoms with Crippen molar-refractivity contribution < 1.29 is 14.7 Å². The van der Waals surface area contributed by atoms with Gasteiger partial charge in [0.15, 0.2) is 0 Å². The Morgan fingerprint density at radius 1 is 1.08 bits per heavy atom. The second-order valence-corrected chi connectivity index (χ2v) is 8.63. The zero-order valence-corrected chi connectivity index (χ0v) is 20.5. The summed E-state index contributed by atoms with van der Waals surface area (Å²) in [5.74, 6) is 0.269. The number of aromatic nitrogens is 3. The van der Waals surface area contributed by atoms with Crippen molar-refractivity contribution in [3.63, 3.8) is 0 Å². The topological polar surface area (TPSA) is 150 Å². The quantitative estimate of drug-likeness (QED) is 0.139. The molecular formula is C27H29N7O3. The molecular weight excluding hydrogens is 470 g/mol. The van der Waals surface area contributed by atoms with Crippen LogP contribution in [-0.2, 0) is 18.4 Å². The lowest BCUT2D eigenvalue weighted by Gasteiger charge is -2.21. The fourth-order valence-corrected chi connectivity index (χ4v) is 4.03. The molecule has 0 aliphatic heterocycles. The summed E-state index contributed by atoms with van der Waals surface area (Å²) < 4.78 is 1.98. The Morgan fingerprint density at radius 2 is 1.84 bits per heavy atom. The van der Waals surface area contributed by atoms with Crippen LogP contribution < -0.4 is 16.0 Å². The first kappa shape index (κ1) is 25.4. The molecule has 2 aromatic heterocycles. The molecule has 190 valence electrons. The van der Waals surface area contributed by atoms with Crippen LogP contribution in [0.5, 0.6) is 0 Å². The average Bonchev–Trinajstić information content (AvgIpc) is 3.22. The van der Waals surface area contributed by atoms with Gasteiger partial charge in [0.2, 0.25) is 0 Å². The largest absolute Gasteiger partial charge is 0.481 e. The Labute approximate surface area is 214 Å². The van der Waals surface area contributed by atoms with E-state index in [1.165, 1.54) is 0 Å². The highest BCUT2D eigenvalue weighted by molar-refractivity contribution is 6.07. The summed E-state index contributed by atoms with van der Waals surface area (Å²) in [6.07, 6.45) is 2.70. The summed E-state index contributed by atoms with van der Waals surface area (Å²) in [4.78, 5) is 35.0. The predicted octanol–water partition coefficient (Wildman–Crippen LogP) is 3.77. The van der Waals surface area contributed by atoms with E-state index in [1.807, 2.05) is 35.9 Å². The number of nitrogens with zero attached hydrogens (tertiary/aromatic N) is 4. The van der Waals surface area contributed by atoms with E-state index >= 15 is 0 Å². The van der Waals surface area contributed by atoms with Crippen LogP contribution in [0.2, 0.25) is 0 Å².